The zero-order chi connectivity index (χ0) is 15.2. The molecule has 116 valence electrons. The molecule has 2 rings (SSSR count). The standard InChI is InChI=1S/C15H20Cl2N2O2/c16-13-4-2-11(9-14(13)17)1-3-12(10-15(18)20)19-5-7-21-8-6-19/h2,4,9,12H,1,3,5-8,10H2,(H2,18,20). The Bertz CT molecular complexity index is 491. The number of nitrogens with two attached hydrogens (primary N) is 1. The van der Waals surface area contributed by atoms with Gasteiger partial charge in [0.2, 0.25) is 5.91 Å². The molecule has 1 amide bonds. The van der Waals surface area contributed by atoms with Crippen molar-refractivity contribution in [3.8, 4) is 0 Å². The van der Waals surface area contributed by atoms with Gasteiger partial charge in [-0.1, -0.05) is 29.3 Å². The fourth-order valence-corrected chi connectivity index (χ4v) is 2.94. The van der Waals surface area contributed by atoms with E-state index in [-0.39, 0.29) is 11.9 Å². The molecule has 1 unspecified atom stereocenters. The summed E-state index contributed by atoms with van der Waals surface area (Å²) >= 11 is 11.9. The highest BCUT2D eigenvalue weighted by Crippen LogP contribution is 2.24. The van der Waals surface area contributed by atoms with Crippen LogP contribution >= 0.6 is 23.2 Å². The van der Waals surface area contributed by atoms with Crippen LogP contribution in [0.3, 0.4) is 0 Å². The minimum atomic E-state index is -0.263. The zero-order valence-electron chi connectivity index (χ0n) is 11.9. The second-order valence-corrected chi connectivity index (χ2v) is 6.07. The predicted molar refractivity (Wildman–Crippen MR) is 84.8 cm³/mol. The van der Waals surface area contributed by atoms with Crippen molar-refractivity contribution < 1.29 is 9.53 Å². The number of aryl methyl sites for hydroxylation is 1. The molecule has 0 bridgehead atoms. The van der Waals surface area contributed by atoms with Crippen molar-refractivity contribution in [3.05, 3.63) is 33.8 Å². The van der Waals surface area contributed by atoms with Gasteiger partial charge < -0.3 is 10.5 Å². The van der Waals surface area contributed by atoms with Crippen LogP contribution in [0.25, 0.3) is 0 Å². The molecular formula is C15H20Cl2N2O2. The quantitative estimate of drug-likeness (QED) is 0.871. The van der Waals surface area contributed by atoms with Gasteiger partial charge >= 0.3 is 0 Å². The molecule has 1 fully saturated rings. The van der Waals surface area contributed by atoms with Crippen LogP contribution in [0, 0.1) is 0 Å². The average Bonchev–Trinajstić information content (AvgIpc) is 2.47. The minimum Gasteiger partial charge on any atom is -0.379 e. The zero-order valence-corrected chi connectivity index (χ0v) is 13.4. The highest BCUT2D eigenvalue weighted by atomic mass is 35.5. The monoisotopic (exact) mass is 330 g/mol. The van der Waals surface area contributed by atoms with E-state index in [1.807, 2.05) is 12.1 Å². The van der Waals surface area contributed by atoms with Crippen molar-refractivity contribution in [1.82, 2.24) is 4.90 Å². The maximum absolute atomic E-state index is 11.3. The van der Waals surface area contributed by atoms with Crippen molar-refractivity contribution in [1.29, 1.82) is 0 Å². The topological polar surface area (TPSA) is 55.6 Å². The van der Waals surface area contributed by atoms with Crippen molar-refractivity contribution in [2.45, 2.75) is 25.3 Å². The number of carbonyl (C=O) groups is 1. The van der Waals surface area contributed by atoms with Crippen LogP contribution < -0.4 is 5.73 Å². The Morgan fingerprint density at radius 2 is 2.00 bits per heavy atom. The van der Waals surface area contributed by atoms with Crippen LogP contribution in [0.1, 0.15) is 18.4 Å². The first-order chi connectivity index (χ1) is 10.1. The summed E-state index contributed by atoms with van der Waals surface area (Å²) in [5.41, 5.74) is 6.50. The molecule has 1 aromatic rings. The second kappa shape index (κ2) is 7.99. The largest absolute Gasteiger partial charge is 0.379 e. The summed E-state index contributed by atoms with van der Waals surface area (Å²) in [6, 6.07) is 5.80. The molecule has 1 aliphatic rings. The first-order valence-electron chi connectivity index (χ1n) is 7.10. The summed E-state index contributed by atoms with van der Waals surface area (Å²) in [5, 5.41) is 1.12. The van der Waals surface area contributed by atoms with E-state index in [9.17, 15) is 4.79 Å². The van der Waals surface area contributed by atoms with E-state index in [0.717, 1.165) is 31.5 Å². The Morgan fingerprint density at radius 1 is 1.29 bits per heavy atom. The number of rotatable bonds is 6. The van der Waals surface area contributed by atoms with Gasteiger partial charge in [-0.2, -0.15) is 0 Å². The Morgan fingerprint density at radius 3 is 2.62 bits per heavy atom. The number of ether oxygens (including phenoxy) is 1. The van der Waals surface area contributed by atoms with E-state index < -0.39 is 0 Å². The Balaban J connectivity index is 1.97. The van der Waals surface area contributed by atoms with E-state index >= 15 is 0 Å². The summed E-state index contributed by atoms with van der Waals surface area (Å²) in [6.07, 6.45) is 2.08. The van der Waals surface area contributed by atoms with Crippen molar-refractivity contribution in [3.63, 3.8) is 0 Å². The van der Waals surface area contributed by atoms with Crippen LogP contribution in [0.5, 0.6) is 0 Å². The summed E-state index contributed by atoms with van der Waals surface area (Å²) in [4.78, 5) is 13.6. The third kappa shape index (κ3) is 5.15. The maximum Gasteiger partial charge on any atom is 0.218 e. The van der Waals surface area contributed by atoms with Gasteiger partial charge in [0, 0.05) is 25.6 Å². The van der Waals surface area contributed by atoms with Crippen LogP contribution in [0.15, 0.2) is 18.2 Å². The van der Waals surface area contributed by atoms with Gasteiger partial charge in [-0.15, -0.1) is 0 Å². The molecular weight excluding hydrogens is 311 g/mol. The minimum absolute atomic E-state index is 0.154. The van der Waals surface area contributed by atoms with Gasteiger partial charge in [-0.25, -0.2) is 0 Å². The summed E-state index contributed by atoms with van der Waals surface area (Å²) in [6.45, 7) is 3.11. The molecule has 1 saturated heterocycles. The number of benzene rings is 1. The maximum atomic E-state index is 11.3. The molecule has 1 aromatic carbocycles. The fraction of sp³-hybridized carbons (Fsp3) is 0.533. The lowest BCUT2D eigenvalue weighted by molar-refractivity contribution is -0.119. The lowest BCUT2D eigenvalue weighted by Gasteiger charge is -2.34. The van der Waals surface area contributed by atoms with Crippen molar-refractivity contribution in [2.24, 2.45) is 5.73 Å². The summed E-state index contributed by atoms with van der Waals surface area (Å²) < 4.78 is 5.36. The van der Waals surface area contributed by atoms with Gasteiger partial charge in [0.15, 0.2) is 0 Å². The Hall–Kier alpha value is -0.810. The molecule has 1 atom stereocenters. The first-order valence-corrected chi connectivity index (χ1v) is 7.86. The highest BCUT2D eigenvalue weighted by Gasteiger charge is 2.22. The Labute approximate surface area is 135 Å². The smallest absolute Gasteiger partial charge is 0.218 e. The SMILES string of the molecule is NC(=O)CC(CCc1ccc(Cl)c(Cl)c1)N1CCOCC1. The van der Waals surface area contributed by atoms with E-state index in [1.165, 1.54) is 0 Å². The second-order valence-electron chi connectivity index (χ2n) is 5.26. The predicted octanol–water partition coefficient (Wildman–Crippen LogP) is 2.50. The van der Waals surface area contributed by atoms with Crippen LogP contribution in [0.4, 0.5) is 0 Å². The summed E-state index contributed by atoms with van der Waals surface area (Å²) in [5.74, 6) is -0.263. The number of morpholine rings is 1. The molecule has 0 aromatic heterocycles. The van der Waals surface area contributed by atoms with Gasteiger partial charge in [-0.05, 0) is 30.5 Å². The summed E-state index contributed by atoms with van der Waals surface area (Å²) in [7, 11) is 0. The van der Waals surface area contributed by atoms with E-state index in [1.54, 1.807) is 6.07 Å². The van der Waals surface area contributed by atoms with E-state index in [0.29, 0.717) is 29.7 Å². The van der Waals surface area contributed by atoms with Crippen LogP contribution in [-0.2, 0) is 16.0 Å². The van der Waals surface area contributed by atoms with Gasteiger partial charge in [0.05, 0.1) is 23.3 Å². The number of hydrogen-bond donors (Lipinski definition) is 1. The first kappa shape index (κ1) is 16.6. The van der Waals surface area contributed by atoms with Crippen molar-refractivity contribution >= 4 is 29.1 Å². The molecule has 21 heavy (non-hydrogen) atoms. The number of amides is 1. The fourth-order valence-electron chi connectivity index (χ4n) is 2.62. The van der Waals surface area contributed by atoms with Crippen molar-refractivity contribution in [2.75, 3.05) is 26.3 Å². The van der Waals surface area contributed by atoms with E-state index in [4.69, 9.17) is 33.7 Å². The Kier molecular flexibility index (Phi) is 6.30. The normalized spacial score (nSPS) is 17.6. The van der Waals surface area contributed by atoms with Crippen LogP contribution in [-0.4, -0.2) is 43.2 Å². The number of carbonyl (C=O) groups excluding carboxylic acids is 1. The number of halogens is 2. The molecule has 0 spiro atoms. The lowest BCUT2D eigenvalue weighted by Crippen LogP contribution is -2.45. The molecule has 0 saturated carbocycles. The molecule has 4 nitrogen and oxygen atoms in total. The average molecular weight is 331 g/mol. The molecule has 0 radical (unpaired) electrons. The molecule has 1 aliphatic heterocycles. The third-order valence-electron chi connectivity index (χ3n) is 3.75. The molecule has 1 heterocycles. The van der Waals surface area contributed by atoms with Gasteiger partial charge in [0.1, 0.15) is 0 Å². The lowest BCUT2D eigenvalue weighted by atomic mass is 10.0. The van der Waals surface area contributed by atoms with Gasteiger partial charge in [0.25, 0.3) is 0 Å². The third-order valence-corrected chi connectivity index (χ3v) is 4.49. The molecule has 2 N–H and O–H groups in total. The number of primary amides is 1. The number of hydrogen-bond acceptors (Lipinski definition) is 3. The number of nitrogens with zero attached hydrogens (tertiary/aromatic N) is 1. The molecule has 0 aliphatic carbocycles. The highest BCUT2D eigenvalue weighted by molar-refractivity contribution is 6.42. The molecule has 6 heteroatoms. The van der Waals surface area contributed by atoms with Gasteiger partial charge in [-0.3, -0.25) is 9.69 Å². The van der Waals surface area contributed by atoms with E-state index in [2.05, 4.69) is 4.90 Å². The van der Waals surface area contributed by atoms with Crippen LogP contribution in [0.2, 0.25) is 10.0 Å².